The summed E-state index contributed by atoms with van der Waals surface area (Å²) < 4.78 is 0. The van der Waals surface area contributed by atoms with Gasteiger partial charge in [-0.25, -0.2) is 4.98 Å². The summed E-state index contributed by atoms with van der Waals surface area (Å²) in [5.74, 6) is 0.395. The van der Waals surface area contributed by atoms with Crippen LogP contribution in [0.2, 0.25) is 0 Å². The molecule has 0 bridgehead atoms. The van der Waals surface area contributed by atoms with E-state index < -0.39 is 0 Å². The lowest BCUT2D eigenvalue weighted by Gasteiger charge is -2.34. The van der Waals surface area contributed by atoms with E-state index in [1.54, 1.807) is 11.3 Å². The van der Waals surface area contributed by atoms with E-state index in [4.69, 9.17) is 4.98 Å². The number of hydrogen-bond donors (Lipinski definition) is 1. The van der Waals surface area contributed by atoms with Crippen LogP contribution in [-0.2, 0) is 29.0 Å². The molecule has 1 fully saturated rings. The normalized spacial score (nSPS) is 19.0. The van der Waals surface area contributed by atoms with Gasteiger partial charge in [-0.3, -0.25) is 9.59 Å². The van der Waals surface area contributed by atoms with Gasteiger partial charge in [-0.15, -0.1) is 11.3 Å². The second kappa shape index (κ2) is 8.95. The zero-order valence-corrected chi connectivity index (χ0v) is 17.7. The van der Waals surface area contributed by atoms with Crippen LogP contribution >= 0.6 is 11.3 Å². The third-order valence-electron chi connectivity index (χ3n) is 5.81. The predicted octanol–water partition coefficient (Wildman–Crippen LogP) is 2.62. The Hall–Kier alpha value is -2.41. The number of benzene rings is 1. The summed E-state index contributed by atoms with van der Waals surface area (Å²) in [7, 11) is 0. The minimum atomic E-state index is 0.0264. The van der Waals surface area contributed by atoms with Gasteiger partial charge in [0, 0.05) is 49.9 Å². The van der Waals surface area contributed by atoms with Crippen molar-refractivity contribution < 1.29 is 9.59 Å². The summed E-state index contributed by atoms with van der Waals surface area (Å²) in [5, 5.41) is 4.13. The van der Waals surface area contributed by atoms with Crippen LogP contribution in [0.15, 0.2) is 30.3 Å². The molecule has 2 amide bonds. The van der Waals surface area contributed by atoms with Crippen LogP contribution in [-0.4, -0.2) is 47.9 Å². The van der Waals surface area contributed by atoms with E-state index >= 15 is 0 Å². The molecule has 154 valence electrons. The summed E-state index contributed by atoms with van der Waals surface area (Å²) in [6.45, 7) is 5.69. The minimum absolute atomic E-state index is 0.0264. The Balaban J connectivity index is 1.33. The number of carbonyl (C=O) groups excluding carboxylic acids is 2. The number of carbonyl (C=O) groups is 2. The number of thiazole rings is 1. The van der Waals surface area contributed by atoms with E-state index in [1.165, 1.54) is 4.88 Å². The minimum Gasteiger partial charge on any atom is -0.352 e. The van der Waals surface area contributed by atoms with Crippen molar-refractivity contribution in [2.24, 2.45) is 5.92 Å². The van der Waals surface area contributed by atoms with Gasteiger partial charge < -0.3 is 15.1 Å². The van der Waals surface area contributed by atoms with E-state index in [0.29, 0.717) is 13.0 Å². The smallest absolute Gasteiger partial charge is 0.223 e. The molecule has 4 rings (SSSR count). The van der Waals surface area contributed by atoms with Crippen LogP contribution in [0.3, 0.4) is 0 Å². The lowest BCUT2D eigenvalue weighted by Crippen LogP contribution is -2.48. The molecule has 0 saturated carbocycles. The molecule has 1 saturated heterocycles. The van der Waals surface area contributed by atoms with Crippen molar-refractivity contribution in [2.75, 3.05) is 31.1 Å². The molecule has 1 aromatic carbocycles. The van der Waals surface area contributed by atoms with Gasteiger partial charge in [-0.2, -0.15) is 0 Å². The van der Waals surface area contributed by atoms with Crippen molar-refractivity contribution in [1.82, 2.24) is 15.2 Å². The number of aryl methyl sites for hydroxylation is 1. The molecule has 0 radical (unpaired) electrons. The van der Waals surface area contributed by atoms with Gasteiger partial charge in [0.15, 0.2) is 5.13 Å². The van der Waals surface area contributed by atoms with Gasteiger partial charge in [0.2, 0.25) is 11.8 Å². The zero-order valence-electron chi connectivity index (χ0n) is 16.9. The summed E-state index contributed by atoms with van der Waals surface area (Å²) in [6.07, 6.45) is 3.07. The van der Waals surface area contributed by atoms with Gasteiger partial charge in [-0.1, -0.05) is 37.3 Å². The molecule has 6 nitrogen and oxygen atoms in total. The van der Waals surface area contributed by atoms with Crippen LogP contribution in [0.25, 0.3) is 0 Å². The third-order valence-corrected chi connectivity index (χ3v) is 6.99. The van der Waals surface area contributed by atoms with Crippen LogP contribution in [0, 0.1) is 5.92 Å². The summed E-state index contributed by atoms with van der Waals surface area (Å²) >= 11 is 1.72. The van der Waals surface area contributed by atoms with Gasteiger partial charge >= 0.3 is 0 Å². The van der Waals surface area contributed by atoms with E-state index in [9.17, 15) is 9.59 Å². The van der Waals surface area contributed by atoms with Gasteiger partial charge in [-0.05, 0) is 24.8 Å². The lowest BCUT2D eigenvalue weighted by atomic mass is 9.90. The van der Waals surface area contributed by atoms with Crippen molar-refractivity contribution in [1.29, 1.82) is 0 Å². The topological polar surface area (TPSA) is 65.5 Å². The van der Waals surface area contributed by atoms with E-state index in [1.807, 2.05) is 42.2 Å². The fraction of sp³-hybridized carbons (Fsp3) is 0.500. The van der Waals surface area contributed by atoms with Crippen LogP contribution < -0.4 is 10.2 Å². The van der Waals surface area contributed by atoms with Crippen molar-refractivity contribution in [3.05, 3.63) is 46.5 Å². The monoisotopic (exact) mass is 412 g/mol. The SMILES string of the molecule is CCC(=O)N1CCN(c2nc3c(s2)C[C@H](C(=O)NCc2ccccc2)CC3)CC1. The molecule has 7 heteroatoms. The Labute approximate surface area is 175 Å². The Morgan fingerprint density at radius 2 is 1.93 bits per heavy atom. The van der Waals surface area contributed by atoms with E-state index in [0.717, 1.165) is 61.8 Å². The van der Waals surface area contributed by atoms with Crippen LogP contribution in [0.4, 0.5) is 5.13 Å². The van der Waals surface area contributed by atoms with Gasteiger partial charge in [0.05, 0.1) is 5.69 Å². The Kier molecular flexibility index (Phi) is 6.13. The Morgan fingerprint density at radius 1 is 1.17 bits per heavy atom. The standard InChI is InChI=1S/C22H28N4O2S/c1-2-20(27)25-10-12-26(13-11-25)22-24-18-9-8-17(14-19(18)29-22)21(28)23-15-16-6-4-3-5-7-16/h3-7,17H,2,8-15H2,1H3,(H,23,28)/t17-/m1/s1. The molecule has 0 unspecified atom stereocenters. The maximum absolute atomic E-state index is 12.6. The van der Waals surface area contributed by atoms with E-state index in [2.05, 4.69) is 10.2 Å². The van der Waals surface area contributed by atoms with Crippen molar-refractivity contribution in [3.63, 3.8) is 0 Å². The second-order valence-electron chi connectivity index (χ2n) is 7.73. The Morgan fingerprint density at radius 3 is 2.66 bits per heavy atom. The third kappa shape index (κ3) is 4.61. The van der Waals surface area contributed by atoms with Crippen molar-refractivity contribution in [3.8, 4) is 0 Å². The molecule has 2 aromatic rings. The maximum atomic E-state index is 12.6. The molecule has 0 spiro atoms. The van der Waals surface area contributed by atoms with Crippen molar-refractivity contribution >= 4 is 28.3 Å². The molecule has 1 atom stereocenters. The number of amides is 2. The highest BCUT2D eigenvalue weighted by Crippen LogP contribution is 2.34. The molecule has 1 aliphatic carbocycles. The summed E-state index contributed by atoms with van der Waals surface area (Å²) in [5.41, 5.74) is 2.28. The number of nitrogens with one attached hydrogen (secondary N) is 1. The molecule has 1 N–H and O–H groups in total. The van der Waals surface area contributed by atoms with Gasteiger partial charge in [0.25, 0.3) is 0 Å². The molecular formula is C22H28N4O2S. The van der Waals surface area contributed by atoms with Crippen LogP contribution in [0.5, 0.6) is 0 Å². The number of hydrogen-bond acceptors (Lipinski definition) is 5. The highest BCUT2D eigenvalue weighted by atomic mass is 32.1. The van der Waals surface area contributed by atoms with Gasteiger partial charge in [0.1, 0.15) is 0 Å². The van der Waals surface area contributed by atoms with Crippen LogP contribution in [0.1, 0.15) is 35.9 Å². The molecule has 29 heavy (non-hydrogen) atoms. The molecule has 1 aliphatic heterocycles. The summed E-state index contributed by atoms with van der Waals surface area (Å²) in [6, 6.07) is 10.0. The Bertz CT molecular complexity index is 859. The summed E-state index contributed by atoms with van der Waals surface area (Å²) in [4.78, 5) is 34.8. The largest absolute Gasteiger partial charge is 0.352 e. The average molecular weight is 413 g/mol. The fourth-order valence-electron chi connectivity index (χ4n) is 4.02. The van der Waals surface area contributed by atoms with E-state index in [-0.39, 0.29) is 17.7 Å². The number of anilines is 1. The first kappa shape index (κ1) is 19.9. The number of rotatable bonds is 5. The lowest BCUT2D eigenvalue weighted by molar-refractivity contribution is -0.131. The number of piperazine rings is 1. The maximum Gasteiger partial charge on any atom is 0.223 e. The zero-order chi connectivity index (χ0) is 20.2. The fourth-order valence-corrected chi connectivity index (χ4v) is 5.26. The molecule has 2 heterocycles. The first-order chi connectivity index (χ1) is 14.1. The van der Waals surface area contributed by atoms with Crippen molar-refractivity contribution in [2.45, 2.75) is 39.2 Å². The highest BCUT2D eigenvalue weighted by Gasteiger charge is 2.29. The quantitative estimate of drug-likeness (QED) is 0.820. The first-order valence-corrected chi connectivity index (χ1v) is 11.3. The predicted molar refractivity (Wildman–Crippen MR) is 115 cm³/mol. The average Bonchev–Trinajstić information content (AvgIpc) is 3.21. The number of fused-ring (bicyclic) bond motifs is 1. The number of aromatic nitrogens is 1. The molecule has 2 aliphatic rings. The highest BCUT2D eigenvalue weighted by molar-refractivity contribution is 7.15. The molecule has 1 aromatic heterocycles. The molecular weight excluding hydrogens is 384 g/mol. The number of nitrogens with zero attached hydrogens (tertiary/aromatic N) is 3. The first-order valence-electron chi connectivity index (χ1n) is 10.5. The second-order valence-corrected chi connectivity index (χ2v) is 8.79.